The number of carbonyl (C=O) groups is 2. The van der Waals surface area contributed by atoms with Crippen LogP contribution in [0.1, 0.15) is 44.9 Å². The van der Waals surface area contributed by atoms with Crippen molar-refractivity contribution in [2.24, 2.45) is 5.92 Å². The molecule has 2 atom stereocenters. The van der Waals surface area contributed by atoms with Crippen molar-refractivity contribution < 1.29 is 33.0 Å². The molecule has 150 valence electrons. The summed E-state index contributed by atoms with van der Waals surface area (Å²) >= 11 is 0. The van der Waals surface area contributed by atoms with Gasteiger partial charge in [-0.2, -0.15) is 13.2 Å². The Bertz CT molecular complexity index is 615. The van der Waals surface area contributed by atoms with Crippen LogP contribution in [0.4, 0.5) is 13.2 Å². The van der Waals surface area contributed by atoms with Crippen molar-refractivity contribution in [3.05, 3.63) is 48.1 Å². The third-order valence-corrected chi connectivity index (χ3v) is 4.02. The molecule has 0 saturated carbocycles. The van der Waals surface area contributed by atoms with Gasteiger partial charge in [-0.15, -0.1) is 0 Å². The number of unbranched alkanes of at least 4 members (excludes halogenated alkanes) is 1. The smallest absolute Gasteiger partial charge is 0.392 e. The van der Waals surface area contributed by atoms with E-state index in [1.807, 2.05) is 12.2 Å². The van der Waals surface area contributed by atoms with Gasteiger partial charge in [0, 0.05) is 17.9 Å². The standard InChI is InChI=1S/C20H25F3O4/c21-20(22,23)14-6-5-8-16(24)11-12-17-15(10-13-18(17)25)7-3-1-2-4-9-19(26)27/h1,3,5-6,10,12-13,15-16,24H,2,4,7-9,11,14H2,(H,26,27)/b3-1-,6-5-,17-12+. The fourth-order valence-corrected chi connectivity index (χ4v) is 2.60. The van der Waals surface area contributed by atoms with Crippen molar-refractivity contribution >= 4 is 11.8 Å². The normalized spacial score (nSPS) is 20.4. The number of ketones is 1. The van der Waals surface area contributed by atoms with E-state index >= 15 is 0 Å². The van der Waals surface area contributed by atoms with E-state index in [0.29, 0.717) is 24.8 Å². The van der Waals surface area contributed by atoms with E-state index in [9.17, 15) is 27.9 Å². The van der Waals surface area contributed by atoms with Crippen LogP contribution in [0, 0.1) is 5.92 Å². The summed E-state index contributed by atoms with van der Waals surface area (Å²) in [4.78, 5) is 22.3. The van der Waals surface area contributed by atoms with Gasteiger partial charge in [-0.1, -0.05) is 36.5 Å². The Morgan fingerprint density at radius 3 is 2.59 bits per heavy atom. The molecule has 0 aliphatic heterocycles. The largest absolute Gasteiger partial charge is 0.481 e. The van der Waals surface area contributed by atoms with Crippen LogP contribution in [-0.2, 0) is 9.59 Å². The number of alkyl halides is 3. The highest BCUT2D eigenvalue weighted by molar-refractivity contribution is 6.07. The summed E-state index contributed by atoms with van der Waals surface area (Å²) in [7, 11) is 0. The zero-order chi connectivity index (χ0) is 20.3. The van der Waals surface area contributed by atoms with Crippen LogP contribution in [0.25, 0.3) is 0 Å². The van der Waals surface area contributed by atoms with E-state index in [1.54, 1.807) is 12.2 Å². The minimum atomic E-state index is -4.25. The number of carboxylic acids is 1. The first-order valence-corrected chi connectivity index (χ1v) is 8.88. The van der Waals surface area contributed by atoms with Gasteiger partial charge in [-0.05, 0) is 38.2 Å². The highest BCUT2D eigenvalue weighted by Crippen LogP contribution is 2.26. The maximum absolute atomic E-state index is 12.0. The number of rotatable bonds is 11. The number of aliphatic hydroxyl groups is 1. The fraction of sp³-hybridized carbons (Fsp3) is 0.500. The van der Waals surface area contributed by atoms with E-state index in [4.69, 9.17) is 5.11 Å². The van der Waals surface area contributed by atoms with Crippen LogP contribution < -0.4 is 0 Å². The molecule has 1 aliphatic carbocycles. The maximum atomic E-state index is 12.0. The predicted octanol–water partition coefficient (Wildman–Crippen LogP) is 4.52. The van der Waals surface area contributed by atoms with E-state index in [0.717, 1.165) is 6.08 Å². The summed E-state index contributed by atoms with van der Waals surface area (Å²) in [5.41, 5.74) is 0.573. The number of carbonyl (C=O) groups excluding carboxylic acids is 1. The average molecular weight is 386 g/mol. The van der Waals surface area contributed by atoms with Crippen molar-refractivity contribution in [3.63, 3.8) is 0 Å². The van der Waals surface area contributed by atoms with Crippen molar-refractivity contribution in [3.8, 4) is 0 Å². The average Bonchev–Trinajstić information content (AvgIpc) is 2.92. The molecule has 0 fully saturated rings. The Hall–Kier alpha value is -2.15. The molecular weight excluding hydrogens is 361 g/mol. The van der Waals surface area contributed by atoms with Crippen molar-refractivity contribution in [2.75, 3.05) is 0 Å². The third-order valence-electron chi connectivity index (χ3n) is 4.02. The summed E-state index contributed by atoms with van der Waals surface area (Å²) in [5, 5.41) is 18.4. The number of halogens is 3. The first-order chi connectivity index (χ1) is 12.7. The van der Waals surface area contributed by atoms with E-state index < -0.39 is 24.7 Å². The SMILES string of the molecule is O=C(O)CCC/C=C\CC1C=CC(=O)/C1=C/CC(O)C/C=C\CC(F)(F)F. The van der Waals surface area contributed by atoms with Gasteiger partial charge in [0.1, 0.15) is 0 Å². The lowest BCUT2D eigenvalue weighted by Gasteiger charge is -2.10. The number of allylic oxidation sites excluding steroid dienone is 6. The summed E-state index contributed by atoms with van der Waals surface area (Å²) in [6, 6.07) is 0. The lowest BCUT2D eigenvalue weighted by atomic mass is 9.96. The Morgan fingerprint density at radius 1 is 1.19 bits per heavy atom. The summed E-state index contributed by atoms with van der Waals surface area (Å²) < 4.78 is 36.1. The number of hydrogen-bond donors (Lipinski definition) is 2. The minimum absolute atomic E-state index is 0.0929. The molecule has 0 spiro atoms. The summed E-state index contributed by atoms with van der Waals surface area (Å²) in [5.74, 6) is -1.05. The number of carboxylic acid groups (broad SMARTS) is 1. The molecule has 2 unspecified atom stereocenters. The summed E-state index contributed by atoms with van der Waals surface area (Å²) in [6.07, 6.45) is 7.07. The van der Waals surface area contributed by atoms with E-state index in [-0.39, 0.29) is 31.0 Å². The molecule has 0 saturated heterocycles. The highest BCUT2D eigenvalue weighted by Gasteiger charge is 2.24. The Balaban J connectivity index is 2.42. The van der Waals surface area contributed by atoms with Crippen LogP contribution >= 0.6 is 0 Å². The molecule has 0 bridgehead atoms. The van der Waals surface area contributed by atoms with Gasteiger partial charge >= 0.3 is 12.1 Å². The molecule has 7 heteroatoms. The lowest BCUT2D eigenvalue weighted by molar-refractivity contribution is -0.137. The van der Waals surface area contributed by atoms with Crippen LogP contribution in [0.5, 0.6) is 0 Å². The van der Waals surface area contributed by atoms with Crippen LogP contribution in [0.2, 0.25) is 0 Å². The van der Waals surface area contributed by atoms with Crippen LogP contribution in [-0.4, -0.2) is 34.2 Å². The fourth-order valence-electron chi connectivity index (χ4n) is 2.60. The quantitative estimate of drug-likeness (QED) is 0.311. The van der Waals surface area contributed by atoms with Crippen molar-refractivity contribution in [1.82, 2.24) is 0 Å². The lowest BCUT2D eigenvalue weighted by Crippen LogP contribution is -2.08. The van der Waals surface area contributed by atoms with Gasteiger partial charge in [0.25, 0.3) is 0 Å². The first kappa shape index (κ1) is 22.9. The molecule has 0 radical (unpaired) electrons. The molecule has 0 heterocycles. The number of aliphatic carboxylic acids is 1. The second kappa shape index (κ2) is 11.5. The number of aliphatic hydroxyl groups excluding tert-OH is 1. The zero-order valence-corrected chi connectivity index (χ0v) is 15.0. The Labute approximate surface area is 156 Å². The van der Waals surface area contributed by atoms with Crippen molar-refractivity contribution in [1.29, 1.82) is 0 Å². The molecule has 0 aromatic heterocycles. The topological polar surface area (TPSA) is 74.6 Å². The molecule has 0 aromatic rings. The van der Waals surface area contributed by atoms with Gasteiger partial charge in [-0.25, -0.2) is 0 Å². The maximum Gasteiger partial charge on any atom is 0.392 e. The highest BCUT2D eigenvalue weighted by atomic mass is 19.4. The monoisotopic (exact) mass is 386 g/mol. The Kier molecular flexibility index (Phi) is 9.78. The molecule has 0 amide bonds. The van der Waals surface area contributed by atoms with Crippen molar-refractivity contribution in [2.45, 2.75) is 57.2 Å². The second-order valence-electron chi connectivity index (χ2n) is 6.40. The van der Waals surface area contributed by atoms with Gasteiger partial charge in [0.05, 0.1) is 12.5 Å². The van der Waals surface area contributed by atoms with Gasteiger partial charge in [0.15, 0.2) is 5.78 Å². The predicted molar refractivity (Wildman–Crippen MR) is 96.0 cm³/mol. The van der Waals surface area contributed by atoms with Gasteiger partial charge in [0.2, 0.25) is 0 Å². The zero-order valence-electron chi connectivity index (χ0n) is 15.0. The number of hydrogen-bond acceptors (Lipinski definition) is 3. The Morgan fingerprint density at radius 2 is 1.93 bits per heavy atom. The molecule has 1 aliphatic rings. The molecular formula is C20H25F3O4. The van der Waals surface area contributed by atoms with Gasteiger partial charge in [-0.3, -0.25) is 9.59 Å². The third kappa shape index (κ3) is 10.6. The first-order valence-electron chi connectivity index (χ1n) is 8.88. The minimum Gasteiger partial charge on any atom is -0.481 e. The van der Waals surface area contributed by atoms with E-state index in [1.165, 1.54) is 12.2 Å². The molecule has 27 heavy (non-hydrogen) atoms. The van der Waals surface area contributed by atoms with Gasteiger partial charge < -0.3 is 10.2 Å². The molecule has 1 rings (SSSR count). The van der Waals surface area contributed by atoms with Crippen LogP contribution in [0.15, 0.2) is 48.1 Å². The van der Waals surface area contributed by atoms with E-state index in [2.05, 4.69) is 0 Å². The molecule has 0 aromatic carbocycles. The van der Waals surface area contributed by atoms with Crippen LogP contribution in [0.3, 0.4) is 0 Å². The molecule has 2 N–H and O–H groups in total. The molecule has 4 nitrogen and oxygen atoms in total. The summed E-state index contributed by atoms with van der Waals surface area (Å²) in [6.45, 7) is 0. The second-order valence-corrected chi connectivity index (χ2v) is 6.40.